The van der Waals surface area contributed by atoms with Gasteiger partial charge in [0.2, 0.25) is 0 Å². The number of benzene rings is 2. The maximum absolute atomic E-state index is 13.6. The molecule has 2 aromatic rings. The molecule has 0 heterocycles. The van der Waals surface area contributed by atoms with Gasteiger partial charge in [-0.15, -0.1) is 0 Å². The minimum Gasteiger partial charge on any atom is -0.309 e. The summed E-state index contributed by atoms with van der Waals surface area (Å²) in [6.07, 6.45) is 0. The van der Waals surface area contributed by atoms with Crippen molar-refractivity contribution in [1.82, 2.24) is 5.32 Å². The largest absolute Gasteiger partial charge is 0.309 e. The third-order valence-corrected chi connectivity index (χ3v) is 2.81. The fourth-order valence-corrected chi connectivity index (χ4v) is 1.75. The fourth-order valence-electron chi connectivity index (χ4n) is 1.75. The number of nitrogens with one attached hydrogen (secondary N) is 1. The standard InChI is InChI=1S/C15H11F3N2/c16-13-4-2-11(6-15(13)18)8-20-9-12-3-1-10(7-19)5-14(12)17/h1-6,20H,8-9H2. The van der Waals surface area contributed by atoms with Gasteiger partial charge in [0.25, 0.3) is 0 Å². The quantitative estimate of drug-likeness (QED) is 0.930. The molecule has 2 rings (SSSR count). The highest BCUT2D eigenvalue weighted by Crippen LogP contribution is 2.11. The number of nitrogens with zero attached hydrogens (tertiary/aromatic N) is 1. The van der Waals surface area contributed by atoms with Crippen molar-refractivity contribution in [1.29, 1.82) is 5.26 Å². The topological polar surface area (TPSA) is 35.8 Å². The van der Waals surface area contributed by atoms with Crippen LogP contribution < -0.4 is 5.32 Å². The molecule has 0 amide bonds. The van der Waals surface area contributed by atoms with Gasteiger partial charge in [-0.05, 0) is 29.8 Å². The highest BCUT2D eigenvalue weighted by molar-refractivity contribution is 5.32. The Kier molecular flexibility index (Phi) is 4.38. The molecular weight excluding hydrogens is 265 g/mol. The van der Waals surface area contributed by atoms with E-state index in [4.69, 9.17) is 5.26 Å². The van der Waals surface area contributed by atoms with Crippen LogP contribution in [0.1, 0.15) is 16.7 Å². The Bertz CT molecular complexity index is 663. The van der Waals surface area contributed by atoms with Crippen LogP contribution in [0, 0.1) is 28.8 Å². The summed E-state index contributed by atoms with van der Waals surface area (Å²) in [5, 5.41) is 11.6. The highest BCUT2D eigenvalue weighted by atomic mass is 19.2. The lowest BCUT2D eigenvalue weighted by molar-refractivity contribution is 0.505. The molecule has 0 spiro atoms. The van der Waals surface area contributed by atoms with Crippen molar-refractivity contribution in [2.24, 2.45) is 0 Å². The number of hydrogen-bond donors (Lipinski definition) is 1. The van der Waals surface area contributed by atoms with Gasteiger partial charge in [-0.1, -0.05) is 12.1 Å². The van der Waals surface area contributed by atoms with Crippen molar-refractivity contribution >= 4 is 0 Å². The molecule has 5 heteroatoms. The maximum Gasteiger partial charge on any atom is 0.159 e. The second kappa shape index (κ2) is 6.22. The van der Waals surface area contributed by atoms with E-state index in [0.29, 0.717) is 11.1 Å². The first-order valence-electron chi connectivity index (χ1n) is 5.93. The summed E-state index contributed by atoms with van der Waals surface area (Å²) in [6, 6.07) is 9.66. The van der Waals surface area contributed by atoms with E-state index in [9.17, 15) is 13.2 Å². The van der Waals surface area contributed by atoms with Crippen LogP contribution >= 0.6 is 0 Å². The predicted molar refractivity (Wildman–Crippen MR) is 68.0 cm³/mol. The van der Waals surface area contributed by atoms with Gasteiger partial charge >= 0.3 is 0 Å². The van der Waals surface area contributed by atoms with E-state index in [1.54, 1.807) is 0 Å². The Balaban J connectivity index is 1.96. The van der Waals surface area contributed by atoms with Gasteiger partial charge in [0.05, 0.1) is 11.6 Å². The summed E-state index contributed by atoms with van der Waals surface area (Å²) in [6.45, 7) is 0.521. The molecule has 0 fully saturated rings. The Labute approximate surface area is 114 Å². The van der Waals surface area contributed by atoms with Crippen LogP contribution in [0.3, 0.4) is 0 Å². The molecule has 2 nitrogen and oxygen atoms in total. The first-order valence-corrected chi connectivity index (χ1v) is 5.93. The zero-order valence-corrected chi connectivity index (χ0v) is 10.5. The van der Waals surface area contributed by atoms with Crippen LogP contribution in [0.4, 0.5) is 13.2 Å². The lowest BCUT2D eigenvalue weighted by atomic mass is 10.1. The summed E-state index contributed by atoms with van der Waals surface area (Å²) in [5.74, 6) is -2.28. The van der Waals surface area contributed by atoms with Crippen LogP contribution in [0.25, 0.3) is 0 Å². The highest BCUT2D eigenvalue weighted by Gasteiger charge is 2.05. The van der Waals surface area contributed by atoms with E-state index < -0.39 is 17.5 Å². The average Bonchev–Trinajstić information content (AvgIpc) is 2.44. The van der Waals surface area contributed by atoms with Gasteiger partial charge < -0.3 is 5.32 Å². The predicted octanol–water partition coefficient (Wildman–Crippen LogP) is 3.27. The van der Waals surface area contributed by atoms with Crippen LogP contribution in [0.15, 0.2) is 36.4 Å². The number of hydrogen-bond acceptors (Lipinski definition) is 2. The third-order valence-electron chi connectivity index (χ3n) is 2.81. The summed E-state index contributed by atoms with van der Waals surface area (Å²) >= 11 is 0. The lowest BCUT2D eigenvalue weighted by Crippen LogP contribution is -2.14. The van der Waals surface area contributed by atoms with Gasteiger partial charge in [-0.2, -0.15) is 5.26 Å². The lowest BCUT2D eigenvalue weighted by Gasteiger charge is -2.07. The van der Waals surface area contributed by atoms with E-state index in [2.05, 4.69) is 5.32 Å². The molecule has 0 saturated carbocycles. The Morgan fingerprint density at radius 3 is 2.35 bits per heavy atom. The molecule has 0 aromatic heterocycles. The van der Waals surface area contributed by atoms with Gasteiger partial charge in [0, 0.05) is 18.7 Å². The summed E-state index contributed by atoms with van der Waals surface area (Å²) < 4.78 is 39.3. The fraction of sp³-hybridized carbons (Fsp3) is 0.133. The average molecular weight is 276 g/mol. The smallest absolute Gasteiger partial charge is 0.159 e. The monoisotopic (exact) mass is 276 g/mol. The molecule has 0 aliphatic carbocycles. The maximum atomic E-state index is 13.6. The SMILES string of the molecule is N#Cc1ccc(CNCc2ccc(F)c(F)c2)c(F)c1. The van der Waals surface area contributed by atoms with Gasteiger partial charge in [-0.3, -0.25) is 0 Å². The van der Waals surface area contributed by atoms with E-state index >= 15 is 0 Å². The van der Waals surface area contributed by atoms with Crippen molar-refractivity contribution in [3.63, 3.8) is 0 Å². The van der Waals surface area contributed by atoms with E-state index in [1.807, 2.05) is 6.07 Å². The zero-order chi connectivity index (χ0) is 14.5. The molecule has 0 saturated heterocycles. The van der Waals surface area contributed by atoms with E-state index in [-0.39, 0.29) is 18.7 Å². The Morgan fingerprint density at radius 2 is 1.70 bits per heavy atom. The second-order valence-electron chi connectivity index (χ2n) is 4.27. The summed E-state index contributed by atoms with van der Waals surface area (Å²) in [5.41, 5.74) is 1.23. The van der Waals surface area contributed by atoms with Gasteiger partial charge in [-0.25, -0.2) is 13.2 Å². The molecule has 0 atom stereocenters. The molecule has 0 unspecified atom stereocenters. The van der Waals surface area contributed by atoms with Crippen molar-refractivity contribution in [3.05, 3.63) is 70.5 Å². The second-order valence-corrected chi connectivity index (χ2v) is 4.27. The molecule has 20 heavy (non-hydrogen) atoms. The van der Waals surface area contributed by atoms with Crippen molar-refractivity contribution in [2.75, 3.05) is 0 Å². The number of rotatable bonds is 4. The molecule has 1 N–H and O–H groups in total. The summed E-state index contributed by atoms with van der Waals surface area (Å²) in [7, 11) is 0. The van der Waals surface area contributed by atoms with Crippen LogP contribution in [0.2, 0.25) is 0 Å². The third kappa shape index (κ3) is 3.37. The van der Waals surface area contributed by atoms with Gasteiger partial charge in [0.15, 0.2) is 11.6 Å². The minimum atomic E-state index is -0.908. The molecular formula is C15H11F3N2. The molecule has 0 bridgehead atoms. The molecule has 0 aliphatic rings. The van der Waals surface area contributed by atoms with E-state index in [1.165, 1.54) is 18.2 Å². The normalized spacial score (nSPS) is 10.3. The Hall–Kier alpha value is -2.32. The van der Waals surface area contributed by atoms with Crippen molar-refractivity contribution in [3.8, 4) is 6.07 Å². The molecule has 2 aromatic carbocycles. The van der Waals surface area contributed by atoms with Crippen molar-refractivity contribution in [2.45, 2.75) is 13.1 Å². The zero-order valence-electron chi connectivity index (χ0n) is 10.5. The minimum absolute atomic E-state index is 0.233. The van der Waals surface area contributed by atoms with E-state index in [0.717, 1.165) is 18.2 Å². The summed E-state index contributed by atoms with van der Waals surface area (Å²) in [4.78, 5) is 0. The first kappa shape index (κ1) is 14.1. The number of halogens is 3. The first-order chi connectivity index (χ1) is 9.60. The van der Waals surface area contributed by atoms with Crippen LogP contribution in [0.5, 0.6) is 0 Å². The number of nitriles is 1. The van der Waals surface area contributed by atoms with Crippen LogP contribution in [-0.4, -0.2) is 0 Å². The molecule has 0 aliphatic heterocycles. The van der Waals surface area contributed by atoms with Gasteiger partial charge in [0.1, 0.15) is 5.82 Å². The molecule has 102 valence electrons. The molecule has 0 radical (unpaired) electrons. The Morgan fingerprint density at radius 1 is 0.900 bits per heavy atom. The van der Waals surface area contributed by atoms with Crippen LogP contribution in [-0.2, 0) is 13.1 Å². The van der Waals surface area contributed by atoms with Crippen molar-refractivity contribution < 1.29 is 13.2 Å².